The largest absolute Gasteiger partial charge is 0.392 e. The van der Waals surface area contributed by atoms with Gasteiger partial charge in [0.2, 0.25) is 5.91 Å². The standard InChI is InChI=1S/C27H39N3O3/c1-16(24(32)30-26(3,4)5)20-11-13-27(6)14-12-21(17(2)22(27)23(20)31)29-25(33)19-9-7-18(15-28)8-10-19/h7-10,16-17,20-23,31H,11-14H2,1-6H3,(H,29,33)(H,30,32)/t16-,17+,20+,21-,22+,23-,27-/m0/s1. The molecule has 0 aliphatic heterocycles. The van der Waals surface area contributed by atoms with Crippen LogP contribution in [0.3, 0.4) is 0 Å². The zero-order valence-corrected chi connectivity index (χ0v) is 20.8. The summed E-state index contributed by atoms with van der Waals surface area (Å²) in [5.74, 6) is -0.433. The molecule has 3 rings (SSSR count). The maximum atomic E-state index is 12.9. The second-order valence-electron chi connectivity index (χ2n) is 11.6. The molecule has 7 atom stereocenters. The molecule has 1 aromatic carbocycles. The van der Waals surface area contributed by atoms with Crippen LogP contribution in [-0.2, 0) is 4.79 Å². The first-order chi connectivity index (χ1) is 15.4. The third-order valence-electron chi connectivity index (χ3n) is 8.03. The van der Waals surface area contributed by atoms with Gasteiger partial charge in [-0.1, -0.05) is 20.8 Å². The molecule has 2 aliphatic carbocycles. The number of hydrogen-bond donors (Lipinski definition) is 3. The average molecular weight is 454 g/mol. The maximum absolute atomic E-state index is 12.9. The number of benzene rings is 1. The van der Waals surface area contributed by atoms with E-state index in [9.17, 15) is 14.7 Å². The molecule has 0 spiro atoms. The zero-order valence-electron chi connectivity index (χ0n) is 20.8. The molecule has 1 aromatic rings. The van der Waals surface area contributed by atoms with Gasteiger partial charge in [-0.15, -0.1) is 0 Å². The molecule has 33 heavy (non-hydrogen) atoms. The van der Waals surface area contributed by atoms with Crippen molar-refractivity contribution in [2.24, 2.45) is 29.1 Å². The fraction of sp³-hybridized carbons (Fsp3) is 0.667. The van der Waals surface area contributed by atoms with Crippen LogP contribution in [0.25, 0.3) is 0 Å². The molecule has 6 heteroatoms. The number of nitrogens with zero attached hydrogens (tertiary/aromatic N) is 1. The average Bonchev–Trinajstić information content (AvgIpc) is 2.74. The van der Waals surface area contributed by atoms with Crippen LogP contribution in [0.1, 0.15) is 83.1 Å². The van der Waals surface area contributed by atoms with E-state index in [-0.39, 0.29) is 52.5 Å². The second-order valence-corrected chi connectivity index (χ2v) is 11.6. The minimum Gasteiger partial charge on any atom is -0.392 e. The van der Waals surface area contributed by atoms with Crippen molar-refractivity contribution >= 4 is 11.8 Å². The van der Waals surface area contributed by atoms with E-state index < -0.39 is 6.10 Å². The normalized spacial score (nSPS) is 32.7. The molecule has 2 amide bonds. The summed E-state index contributed by atoms with van der Waals surface area (Å²) in [5, 5.41) is 26.7. The van der Waals surface area contributed by atoms with E-state index in [0.29, 0.717) is 11.1 Å². The monoisotopic (exact) mass is 453 g/mol. The van der Waals surface area contributed by atoms with Crippen molar-refractivity contribution in [1.82, 2.24) is 10.6 Å². The van der Waals surface area contributed by atoms with E-state index in [1.165, 1.54) is 0 Å². The predicted octanol–water partition coefficient (Wildman–Crippen LogP) is 4.03. The molecule has 0 aromatic heterocycles. The Kier molecular flexibility index (Phi) is 7.24. The van der Waals surface area contributed by atoms with Crippen LogP contribution in [0, 0.1) is 40.4 Å². The highest BCUT2D eigenvalue weighted by Crippen LogP contribution is 2.55. The number of carbonyl (C=O) groups excluding carboxylic acids is 2. The highest BCUT2D eigenvalue weighted by atomic mass is 16.3. The number of hydrogen-bond acceptors (Lipinski definition) is 4. The molecule has 2 saturated carbocycles. The topological polar surface area (TPSA) is 102 Å². The molecular formula is C27H39N3O3. The van der Waals surface area contributed by atoms with Crippen LogP contribution in [0.2, 0.25) is 0 Å². The molecule has 180 valence electrons. The van der Waals surface area contributed by atoms with E-state index in [2.05, 4.69) is 30.6 Å². The van der Waals surface area contributed by atoms with Gasteiger partial charge in [0.1, 0.15) is 0 Å². The Morgan fingerprint density at radius 2 is 1.79 bits per heavy atom. The summed E-state index contributed by atoms with van der Waals surface area (Å²) < 4.78 is 0. The van der Waals surface area contributed by atoms with E-state index >= 15 is 0 Å². The predicted molar refractivity (Wildman–Crippen MR) is 128 cm³/mol. The summed E-state index contributed by atoms with van der Waals surface area (Å²) in [6.45, 7) is 12.2. The molecule has 0 bridgehead atoms. The zero-order chi connectivity index (χ0) is 24.6. The third-order valence-corrected chi connectivity index (χ3v) is 8.03. The van der Waals surface area contributed by atoms with Gasteiger partial charge in [0, 0.05) is 23.1 Å². The van der Waals surface area contributed by atoms with Crippen LogP contribution in [-0.4, -0.2) is 34.6 Å². The number of fused-ring (bicyclic) bond motifs is 1. The van der Waals surface area contributed by atoms with Gasteiger partial charge in [-0.05, 0) is 93.9 Å². The Morgan fingerprint density at radius 3 is 2.36 bits per heavy atom. The third kappa shape index (κ3) is 5.41. The lowest BCUT2D eigenvalue weighted by Crippen LogP contribution is -2.59. The van der Waals surface area contributed by atoms with Gasteiger partial charge in [-0.3, -0.25) is 9.59 Å². The van der Waals surface area contributed by atoms with Crippen molar-refractivity contribution in [3.63, 3.8) is 0 Å². The van der Waals surface area contributed by atoms with Crippen molar-refractivity contribution in [2.45, 2.75) is 84.9 Å². The molecule has 6 nitrogen and oxygen atoms in total. The lowest BCUT2D eigenvalue weighted by molar-refractivity contribution is -0.143. The summed E-state index contributed by atoms with van der Waals surface area (Å²) in [6.07, 6.45) is 3.03. The van der Waals surface area contributed by atoms with E-state index in [0.717, 1.165) is 25.7 Å². The second kappa shape index (κ2) is 9.46. The summed E-state index contributed by atoms with van der Waals surface area (Å²) in [5.41, 5.74) is 0.752. The van der Waals surface area contributed by atoms with Crippen molar-refractivity contribution in [2.75, 3.05) is 0 Å². The minimum atomic E-state index is -0.589. The molecule has 0 heterocycles. The van der Waals surface area contributed by atoms with Gasteiger partial charge in [0.25, 0.3) is 5.91 Å². The number of nitriles is 1. The van der Waals surface area contributed by atoms with Gasteiger partial charge < -0.3 is 15.7 Å². The summed E-state index contributed by atoms with van der Waals surface area (Å²) in [6, 6.07) is 8.67. The van der Waals surface area contributed by atoms with Crippen LogP contribution in [0.5, 0.6) is 0 Å². The number of aliphatic hydroxyl groups is 1. The van der Waals surface area contributed by atoms with Crippen molar-refractivity contribution in [1.29, 1.82) is 5.26 Å². The maximum Gasteiger partial charge on any atom is 0.251 e. The number of rotatable bonds is 4. The van der Waals surface area contributed by atoms with Crippen LogP contribution >= 0.6 is 0 Å². The molecule has 0 radical (unpaired) electrons. The fourth-order valence-electron chi connectivity index (χ4n) is 6.12. The Bertz CT molecular complexity index is 914. The first-order valence-corrected chi connectivity index (χ1v) is 12.2. The van der Waals surface area contributed by atoms with Gasteiger partial charge in [-0.25, -0.2) is 0 Å². The van der Waals surface area contributed by atoms with Gasteiger partial charge >= 0.3 is 0 Å². The van der Waals surface area contributed by atoms with Crippen molar-refractivity contribution < 1.29 is 14.7 Å². The summed E-state index contributed by atoms with van der Waals surface area (Å²) in [4.78, 5) is 25.7. The highest BCUT2D eigenvalue weighted by Gasteiger charge is 2.54. The molecule has 2 aliphatic rings. The first-order valence-electron chi connectivity index (χ1n) is 12.2. The molecular weight excluding hydrogens is 414 g/mol. The lowest BCUT2D eigenvalue weighted by Gasteiger charge is -2.56. The minimum absolute atomic E-state index is 0.00519. The lowest BCUT2D eigenvalue weighted by atomic mass is 9.51. The Labute approximate surface area is 198 Å². The smallest absolute Gasteiger partial charge is 0.251 e. The van der Waals surface area contributed by atoms with Crippen molar-refractivity contribution in [3.05, 3.63) is 35.4 Å². The van der Waals surface area contributed by atoms with Gasteiger partial charge in [0.15, 0.2) is 0 Å². The van der Waals surface area contributed by atoms with Crippen molar-refractivity contribution in [3.8, 4) is 6.07 Å². The Hall–Kier alpha value is -2.39. The molecule has 3 N–H and O–H groups in total. The van der Waals surface area contributed by atoms with Gasteiger partial charge in [-0.2, -0.15) is 5.26 Å². The quantitative estimate of drug-likeness (QED) is 0.640. The SMILES string of the molecule is C[C@H]1[C@@H]2[C@@H](O)[C@@H]([C@H](C)C(=O)NC(C)(C)C)CC[C@@]2(C)CC[C@@H]1NC(=O)c1ccc(C#N)cc1. The molecule has 0 saturated heterocycles. The molecule has 0 unspecified atom stereocenters. The van der Waals surface area contributed by atoms with E-state index in [4.69, 9.17) is 5.26 Å². The number of aliphatic hydroxyl groups excluding tert-OH is 1. The van der Waals surface area contributed by atoms with Crippen LogP contribution in [0.4, 0.5) is 0 Å². The number of carbonyl (C=O) groups is 2. The summed E-state index contributed by atoms with van der Waals surface area (Å²) >= 11 is 0. The van der Waals surface area contributed by atoms with E-state index in [1.54, 1.807) is 24.3 Å². The van der Waals surface area contributed by atoms with E-state index in [1.807, 2.05) is 27.7 Å². The van der Waals surface area contributed by atoms with Crippen LogP contribution < -0.4 is 10.6 Å². The fourth-order valence-corrected chi connectivity index (χ4v) is 6.12. The Balaban J connectivity index is 1.73. The Morgan fingerprint density at radius 1 is 1.18 bits per heavy atom. The number of nitrogens with one attached hydrogen (secondary N) is 2. The van der Waals surface area contributed by atoms with Gasteiger partial charge in [0.05, 0.1) is 17.7 Å². The van der Waals surface area contributed by atoms with Crippen LogP contribution in [0.15, 0.2) is 24.3 Å². The number of amides is 2. The molecule has 2 fully saturated rings. The summed E-state index contributed by atoms with van der Waals surface area (Å²) in [7, 11) is 0. The highest BCUT2D eigenvalue weighted by molar-refractivity contribution is 5.94. The first kappa shape index (κ1) is 25.2.